The number of nitrogens with zero attached hydrogens (tertiary/aromatic N) is 4. The van der Waals surface area contributed by atoms with Gasteiger partial charge < -0.3 is 14.5 Å². The van der Waals surface area contributed by atoms with E-state index in [0.29, 0.717) is 12.8 Å². The molecule has 30 heavy (non-hydrogen) atoms. The molecular formula is C23H23FN4O2. The van der Waals surface area contributed by atoms with E-state index in [0.717, 1.165) is 42.8 Å². The van der Waals surface area contributed by atoms with E-state index in [2.05, 4.69) is 16.1 Å². The predicted octanol–water partition coefficient (Wildman–Crippen LogP) is 3.53. The Morgan fingerprint density at radius 1 is 1.07 bits per heavy atom. The van der Waals surface area contributed by atoms with Crippen molar-refractivity contribution < 1.29 is 13.9 Å². The van der Waals surface area contributed by atoms with Crippen LogP contribution < -0.4 is 4.90 Å². The fourth-order valence-electron chi connectivity index (χ4n) is 5.36. The van der Waals surface area contributed by atoms with E-state index >= 15 is 0 Å². The number of benzene rings is 1. The van der Waals surface area contributed by atoms with E-state index in [1.165, 1.54) is 6.07 Å². The topological polar surface area (TPSA) is 50.1 Å². The molecule has 7 heteroatoms. The number of pyridine rings is 1. The molecule has 3 fully saturated rings. The van der Waals surface area contributed by atoms with Crippen LogP contribution in [0.15, 0.2) is 54.7 Å². The molecule has 0 N–H and O–H groups in total. The number of piperidine rings is 1. The first-order chi connectivity index (χ1) is 14.6. The first-order valence-electron chi connectivity index (χ1n) is 10.6. The number of rotatable bonds is 2. The quantitative estimate of drug-likeness (QED) is 0.653. The Bertz CT molecular complexity index is 1120. The molecule has 6 nitrogen and oxygen atoms in total. The van der Waals surface area contributed by atoms with Crippen molar-refractivity contribution in [1.82, 2.24) is 14.5 Å². The van der Waals surface area contributed by atoms with Crippen LogP contribution in [0, 0.1) is 5.82 Å². The predicted molar refractivity (Wildman–Crippen MR) is 109 cm³/mol. The summed E-state index contributed by atoms with van der Waals surface area (Å²) in [6, 6.07) is 14.6. The van der Waals surface area contributed by atoms with Gasteiger partial charge >= 0.3 is 0 Å². The molecule has 1 aromatic carbocycles. The molecular weight excluding hydrogens is 383 g/mol. The zero-order valence-electron chi connectivity index (χ0n) is 16.6. The summed E-state index contributed by atoms with van der Waals surface area (Å²) in [7, 11) is 0. The minimum absolute atomic E-state index is 0.0659. The summed E-state index contributed by atoms with van der Waals surface area (Å²) in [4.78, 5) is 17.7. The number of hydrogen-bond donors (Lipinski definition) is 0. The molecule has 0 bridgehead atoms. The van der Waals surface area contributed by atoms with Gasteiger partial charge in [0.25, 0.3) is 5.91 Å². The Kier molecular flexibility index (Phi) is 3.90. The number of halogens is 1. The minimum Gasteiger partial charge on any atom is -0.356 e. The van der Waals surface area contributed by atoms with Crippen molar-refractivity contribution in [2.24, 2.45) is 0 Å². The number of ether oxygens (including phenoxy) is 1. The van der Waals surface area contributed by atoms with Crippen LogP contribution in [-0.2, 0) is 9.53 Å². The van der Waals surface area contributed by atoms with Crippen LogP contribution in [-0.4, -0.2) is 45.3 Å². The van der Waals surface area contributed by atoms with Crippen molar-refractivity contribution in [3.8, 4) is 0 Å². The van der Waals surface area contributed by atoms with Gasteiger partial charge in [0, 0.05) is 25.9 Å². The molecule has 2 aromatic heterocycles. The molecule has 1 amide bonds. The molecule has 2 atom stereocenters. The zero-order chi connectivity index (χ0) is 20.3. The summed E-state index contributed by atoms with van der Waals surface area (Å²) in [5, 5.41) is 4.43. The Morgan fingerprint density at radius 2 is 1.90 bits per heavy atom. The van der Waals surface area contributed by atoms with E-state index in [9.17, 15) is 9.18 Å². The molecule has 3 aliphatic rings. The number of fused-ring (bicyclic) bond motifs is 2. The smallest absolute Gasteiger partial charge is 0.257 e. The highest BCUT2D eigenvalue weighted by Crippen LogP contribution is 2.47. The van der Waals surface area contributed by atoms with Crippen LogP contribution >= 0.6 is 0 Å². The van der Waals surface area contributed by atoms with Crippen molar-refractivity contribution in [3.05, 3.63) is 66.1 Å². The maximum absolute atomic E-state index is 13.8. The Labute approximate surface area is 173 Å². The molecule has 5 heterocycles. The number of carbonyl (C=O) groups excluding carboxylic acids is 1. The number of amides is 1. The number of anilines is 1. The molecule has 0 radical (unpaired) electrons. The fourth-order valence-corrected chi connectivity index (χ4v) is 5.36. The van der Waals surface area contributed by atoms with Crippen molar-refractivity contribution >= 4 is 17.2 Å². The van der Waals surface area contributed by atoms with E-state index in [4.69, 9.17) is 4.74 Å². The summed E-state index contributed by atoms with van der Waals surface area (Å²) in [6.07, 6.45) is 4.49. The highest BCUT2D eigenvalue weighted by atomic mass is 19.1. The van der Waals surface area contributed by atoms with E-state index in [-0.39, 0.29) is 24.0 Å². The van der Waals surface area contributed by atoms with E-state index in [1.54, 1.807) is 18.3 Å². The first kappa shape index (κ1) is 17.9. The lowest BCUT2D eigenvalue weighted by Crippen LogP contribution is -2.50. The van der Waals surface area contributed by atoms with Gasteiger partial charge in [-0.05, 0) is 48.7 Å². The van der Waals surface area contributed by atoms with Gasteiger partial charge in [-0.3, -0.25) is 4.79 Å². The number of hydrogen-bond acceptors (Lipinski definition) is 4. The van der Waals surface area contributed by atoms with E-state index in [1.807, 2.05) is 33.7 Å². The van der Waals surface area contributed by atoms with Crippen LogP contribution in [0.25, 0.3) is 5.52 Å². The monoisotopic (exact) mass is 406 g/mol. The third kappa shape index (κ3) is 2.58. The third-order valence-corrected chi connectivity index (χ3v) is 6.85. The molecule has 0 saturated carbocycles. The number of aromatic nitrogens is 2. The minimum atomic E-state index is -0.759. The molecule has 0 unspecified atom stereocenters. The van der Waals surface area contributed by atoms with Gasteiger partial charge in [-0.25, -0.2) is 8.91 Å². The van der Waals surface area contributed by atoms with Crippen LogP contribution in [0.3, 0.4) is 0 Å². The molecule has 154 valence electrons. The normalized spacial score (nSPS) is 25.4. The standard InChI is InChI=1S/C23H23FN4O2/c24-17-4-1-3-16(15-17)19-7-8-21-27(19)22(29)23(30-21)10-13-26(14-11-23)20-6-2-5-18-9-12-25-28(18)20/h1-6,9,12,15,19,21H,7-8,10-11,13-14H2/t19-,21+/m0/s1. The third-order valence-electron chi connectivity index (χ3n) is 6.85. The van der Waals surface area contributed by atoms with Gasteiger partial charge in [-0.15, -0.1) is 0 Å². The average Bonchev–Trinajstić information content (AvgIpc) is 3.45. The van der Waals surface area contributed by atoms with Crippen molar-refractivity contribution in [3.63, 3.8) is 0 Å². The first-order valence-corrected chi connectivity index (χ1v) is 10.6. The van der Waals surface area contributed by atoms with Crippen LogP contribution in [0.4, 0.5) is 10.2 Å². The van der Waals surface area contributed by atoms with Crippen LogP contribution in [0.1, 0.15) is 37.3 Å². The lowest BCUT2D eigenvalue weighted by molar-refractivity contribution is -0.140. The van der Waals surface area contributed by atoms with Crippen molar-refractivity contribution in [2.45, 2.75) is 43.6 Å². The molecule has 3 saturated heterocycles. The summed E-state index contributed by atoms with van der Waals surface area (Å²) >= 11 is 0. The highest BCUT2D eigenvalue weighted by molar-refractivity contribution is 5.88. The van der Waals surface area contributed by atoms with Gasteiger partial charge in [0.05, 0.1) is 17.8 Å². The average molecular weight is 406 g/mol. The summed E-state index contributed by atoms with van der Waals surface area (Å²) < 4.78 is 22.1. The van der Waals surface area contributed by atoms with Gasteiger partial charge in [0.2, 0.25) is 0 Å². The molecule has 6 rings (SSSR count). The van der Waals surface area contributed by atoms with Gasteiger partial charge in [-0.2, -0.15) is 5.10 Å². The summed E-state index contributed by atoms with van der Waals surface area (Å²) in [5.74, 6) is 0.839. The van der Waals surface area contributed by atoms with E-state index < -0.39 is 5.60 Å². The molecule has 3 aromatic rings. The maximum atomic E-state index is 13.8. The van der Waals surface area contributed by atoms with Crippen molar-refractivity contribution in [1.29, 1.82) is 0 Å². The van der Waals surface area contributed by atoms with Crippen LogP contribution in [0.2, 0.25) is 0 Å². The second-order valence-electron chi connectivity index (χ2n) is 8.47. The van der Waals surface area contributed by atoms with Crippen LogP contribution in [0.5, 0.6) is 0 Å². The Balaban J connectivity index is 1.23. The second-order valence-corrected chi connectivity index (χ2v) is 8.47. The lowest BCUT2D eigenvalue weighted by Gasteiger charge is -2.38. The molecule has 1 spiro atoms. The largest absolute Gasteiger partial charge is 0.356 e. The van der Waals surface area contributed by atoms with Gasteiger partial charge in [0.15, 0.2) is 5.60 Å². The molecule has 0 aliphatic carbocycles. The fraction of sp³-hybridized carbons (Fsp3) is 0.391. The van der Waals surface area contributed by atoms with Crippen molar-refractivity contribution in [2.75, 3.05) is 18.0 Å². The zero-order valence-corrected chi connectivity index (χ0v) is 16.6. The molecule has 3 aliphatic heterocycles. The second kappa shape index (κ2) is 6.54. The van der Waals surface area contributed by atoms with Gasteiger partial charge in [0.1, 0.15) is 17.9 Å². The number of carbonyl (C=O) groups is 1. The Hall–Kier alpha value is -2.93. The lowest BCUT2D eigenvalue weighted by atomic mass is 9.89. The Morgan fingerprint density at radius 3 is 2.73 bits per heavy atom. The highest BCUT2D eigenvalue weighted by Gasteiger charge is 2.58. The maximum Gasteiger partial charge on any atom is 0.257 e. The SMILES string of the molecule is O=C1N2[C@@H](CC[C@H]2c2cccc(F)c2)OC12CCN(c1cccc3ccnn13)CC2. The van der Waals surface area contributed by atoms with Gasteiger partial charge in [-0.1, -0.05) is 18.2 Å². The summed E-state index contributed by atoms with van der Waals surface area (Å²) in [5.41, 5.74) is 1.15. The summed E-state index contributed by atoms with van der Waals surface area (Å²) in [6.45, 7) is 1.46.